The van der Waals surface area contributed by atoms with Crippen molar-refractivity contribution in [2.75, 3.05) is 5.32 Å². The summed E-state index contributed by atoms with van der Waals surface area (Å²) in [7, 11) is 0. The highest BCUT2D eigenvalue weighted by Gasteiger charge is 2.07. The van der Waals surface area contributed by atoms with E-state index in [1.807, 2.05) is 61.5 Å². The number of carbonyl (C=O) groups is 1. The number of aromatic nitrogens is 1. The number of hydrogen-bond donors (Lipinski definition) is 1. The molecule has 0 radical (unpaired) electrons. The van der Waals surface area contributed by atoms with Crippen molar-refractivity contribution in [2.45, 2.75) is 13.3 Å². The molecule has 0 bridgehead atoms. The quantitative estimate of drug-likeness (QED) is 0.737. The van der Waals surface area contributed by atoms with E-state index in [-0.39, 0.29) is 12.3 Å². The maximum Gasteiger partial charge on any atom is 0.228 e. The lowest BCUT2D eigenvalue weighted by Gasteiger charge is -2.08. The molecule has 2 aromatic carbocycles. The molecule has 0 aliphatic carbocycles. The molecule has 0 aliphatic rings. The smallest absolute Gasteiger partial charge is 0.228 e. The summed E-state index contributed by atoms with van der Waals surface area (Å²) in [6, 6.07) is 19.1. The molecule has 0 atom stereocenters. The van der Waals surface area contributed by atoms with Gasteiger partial charge in [-0.15, -0.1) is 0 Å². The van der Waals surface area contributed by atoms with E-state index in [9.17, 15) is 4.79 Å². The average molecular weight is 337 g/mol. The van der Waals surface area contributed by atoms with E-state index < -0.39 is 0 Å². The molecule has 3 aromatic rings. The lowest BCUT2D eigenvalue weighted by Crippen LogP contribution is -2.14. The maximum atomic E-state index is 12.2. The number of amides is 1. The van der Waals surface area contributed by atoms with Crippen LogP contribution in [0, 0.1) is 6.92 Å². The first-order valence-corrected chi connectivity index (χ1v) is 8.06. The monoisotopic (exact) mass is 336 g/mol. The Bertz CT molecular complexity index is 860. The van der Waals surface area contributed by atoms with Gasteiger partial charge in [-0.1, -0.05) is 41.9 Å². The van der Waals surface area contributed by atoms with Crippen LogP contribution in [0.3, 0.4) is 0 Å². The minimum absolute atomic E-state index is 0.0874. The Kier molecular flexibility index (Phi) is 4.92. The van der Waals surface area contributed by atoms with Crippen LogP contribution < -0.4 is 5.32 Å². The fourth-order valence-electron chi connectivity index (χ4n) is 2.49. The lowest BCUT2D eigenvalue weighted by atomic mass is 10.1. The fraction of sp³-hybridized carbons (Fsp3) is 0.100. The molecular weight excluding hydrogens is 320 g/mol. The number of carbonyl (C=O) groups excluding carboxylic acids is 1. The van der Waals surface area contributed by atoms with Crippen LogP contribution in [0.15, 0.2) is 66.9 Å². The minimum Gasteiger partial charge on any atom is -0.326 e. The van der Waals surface area contributed by atoms with Gasteiger partial charge in [0.25, 0.3) is 0 Å². The van der Waals surface area contributed by atoms with Gasteiger partial charge in [-0.2, -0.15) is 0 Å². The number of halogens is 1. The molecule has 0 spiro atoms. The Hall–Kier alpha value is -2.65. The van der Waals surface area contributed by atoms with E-state index in [4.69, 9.17) is 11.6 Å². The Morgan fingerprint density at radius 1 is 1.04 bits per heavy atom. The standard InChI is InChI=1S/C20H17ClN2O/c1-14-12-16(10-11-22-14)15-6-8-18(9-7-15)23-20(24)13-17-4-2-3-5-19(17)21/h2-12H,13H2,1H3,(H,23,24). The Balaban J connectivity index is 1.68. The third-order valence-corrected chi connectivity index (χ3v) is 4.08. The molecule has 4 heteroatoms. The Labute approximate surface area is 146 Å². The second-order valence-electron chi connectivity index (χ2n) is 5.58. The molecule has 3 rings (SSSR count). The zero-order valence-electron chi connectivity index (χ0n) is 13.3. The number of nitrogens with zero attached hydrogens (tertiary/aromatic N) is 1. The first-order chi connectivity index (χ1) is 11.6. The summed E-state index contributed by atoms with van der Waals surface area (Å²) in [5.74, 6) is -0.0874. The molecule has 0 aliphatic heterocycles. The highest BCUT2D eigenvalue weighted by atomic mass is 35.5. The van der Waals surface area contributed by atoms with Crippen LogP contribution in [0.5, 0.6) is 0 Å². The normalized spacial score (nSPS) is 10.4. The molecule has 3 nitrogen and oxygen atoms in total. The van der Waals surface area contributed by atoms with Crippen LogP contribution in [-0.2, 0) is 11.2 Å². The molecule has 1 amide bonds. The molecule has 1 N–H and O–H groups in total. The number of hydrogen-bond acceptors (Lipinski definition) is 2. The number of nitrogens with one attached hydrogen (secondary N) is 1. The third kappa shape index (κ3) is 4.00. The van der Waals surface area contributed by atoms with Gasteiger partial charge in [0.05, 0.1) is 6.42 Å². The van der Waals surface area contributed by atoms with Gasteiger partial charge in [-0.05, 0) is 53.9 Å². The van der Waals surface area contributed by atoms with Crippen molar-refractivity contribution in [1.82, 2.24) is 4.98 Å². The number of aryl methyl sites for hydroxylation is 1. The van der Waals surface area contributed by atoms with E-state index in [2.05, 4.69) is 10.3 Å². The summed E-state index contributed by atoms with van der Waals surface area (Å²) in [6.45, 7) is 1.97. The average Bonchev–Trinajstić information content (AvgIpc) is 2.58. The van der Waals surface area contributed by atoms with E-state index in [0.29, 0.717) is 5.02 Å². The van der Waals surface area contributed by atoms with Crippen molar-refractivity contribution >= 4 is 23.2 Å². The van der Waals surface area contributed by atoms with Crippen LogP contribution in [0.4, 0.5) is 5.69 Å². The number of rotatable bonds is 4. The number of pyridine rings is 1. The fourth-order valence-corrected chi connectivity index (χ4v) is 2.69. The van der Waals surface area contributed by atoms with Gasteiger partial charge < -0.3 is 5.32 Å². The largest absolute Gasteiger partial charge is 0.326 e. The van der Waals surface area contributed by atoms with Gasteiger partial charge in [0.2, 0.25) is 5.91 Å². The SMILES string of the molecule is Cc1cc(-c2ccc(NC(=O)Cc3ccccc3Cl)cc2)ccn1. The van der Waals surface area contributed by atoms with Crippen LogP contribution >= 0.6 is 11.6 Å². The highest BCUT2D eigenvalue weighted by molar-refractivity contribution is 6.31. The number of anilines is 1. The second-order valence-corrected chi connectivity index (χ2v) is 5.99. The van der Waals surface area contributed by atoms with Gasteiger partial charge in [0.15, 0.2) is 0 Å². The molecule has 120 valence electrons. The summed E-state index contributed by atoms with van der Waals surface area (Å²) < 4.78 is 0. The summed E-state index contributed by atoms with van der Waals surface area (Å²) in [5, 5.41) is 3.51. The molecular formula is C20H17ClN2O. The van der Waals surface area contributed by atoms with Gasteiger partial charge >= 0.3 is 0 Å². The molecule has 1 aromatic heterocycles. The van der Waals surface area contributed by atoms with E-state index >= 15 is 0 Å². The first kappa shape index (κ1) is 16.2. The van der Waals surface area contributed by atoms with Gasteiger partial charge in [-0.3, -0.25) is 9.78 Å². The van der Waals surface area contributed by atoms with Gasteiger partial charge in [-0.25, -0.2) is 0 Å². The van der Waals surface area contributed by atoms with Gasteiger partial charge in [0.1, 0.15) is 0 Å². The highest BCUT2D eigenvalue weighted by Crippen LogP contribution is 2.22. The molecule has 24 heavy (non-hydrogen) atoms. The van der Waals surface area contributed by atoms with E-state index in [1.54, 1.807) is 12.3 Å². The first-order valence-electron chi connectivity index (χ1n) is 7.68. The lowest BCUT2D eigenvalue weighted by molar-refractivity contribution is -0.115. The van der Waals surface area contributed by atoms with Crippen molar-refractivity contribution in [3.05, 3.63) is 83.1 Å². The predicted molar refractivity (Wildman–Crippen MR) is 98.2 cm³/mol. The summed E-state index contributed by atoms with van der Waals surface area (Å²) in [6.07, 6.45) is 2.05. The topological polar surface area (TPSA) is 42.0 Å². The molecule has 1 heterocycles. The van der Waals surface area contributed by atoms with Crippen molar-refractivity contribution in [3.63, 3.8) is 0 Å². The van der Waals surface area contributed by atoms with Gasteiger partial charge in [0, 0.05) is 22.6 Å². The molecule has 0 fully saturated rings. The van der Waals surface area contributed by atoms with E-state index in [1.165, 1.54) is 0 Å². The number of benzene rings is 2. The zero-order valence-corrected chi connectivity index (χ0v) is 14.0. The molecule has 0 saturated heterocycles. The van der Waals surface area contributed by atoms with Crippen molar-refractivity contribution < 1.29 is 4.79 Å². The van der Waals surface area contributed by atoms with Crippen LogP contribution in [0.25, 0.3) is 11.1 Å². The van der Waals surface area contributed by atoms with Crippen LogP contribution in [0.2, 0.25) is 5.02 Å². The van der Waals surface area contributed by atoms with Crippen LogP contribution in [-0.4, -0.2) is 10.9 Å². The van der Waals surface area contributed by atoms with Crippen molar-refractivity contribution in [3.8, 4) is 11.1 Å². The predicted octanol–water partition coefficient (Wildman–Crippen LogP) is 4.89. The van der Waals surface area contributed by atoms with Crippen molar-refractivity contribution in [2.24, 2.45) is 0 Å². The Morgan fingerprint density at radius 2 is 1.79 bits per heavy atom. The zero-order chi connectivity index (χ0) is 16.9. The summed E-state index contributed by atoms with van der Waals surface area (Å²) >= 11 is 6.09. The minimum atomic E-state index is -0.0874. The summed E-state index contributed by atoms with van der Waals surface area (Å²) in [4.78, 5) is 16.4. The molecule has 0 saturated carbocycles. The second kappa shape index (κ2) is 7.28. The van der Waals surface area contributed by atoms with Crippen molar-refractivity contribution in [1.29, 1.82) is 0 Å². The Morgan fingerprint density at radius 3 is 2.50 bits per heavy atom. The van der Waals surface area contributed by atoms with E-state index in [0.717, 1.165) is 28.1 Å². The maximum absolute atomic E-state index is 12.2. The van der Waals surface area contributed by atoms with Crippen LogP contribution in [0.1, 0.15) is 11.3 Å². The third-order valence-electron chi connectivity index (χ3n) is 3.71. The summed E-state index contributed by atoms with van der Waals surface area (Å²) in [5.41, 5.74) is 4.76. The molecule has 0 unspecified atom stereocenters.